The molecule has 0 aliphatic rings. The van der Waals surface area contributed by atoms with Crippen molar-refractivity contribution in [3.63, 3.8) is 0 Å². The molecule has 2 aromatic rings. The van der Waals surface area contributed by atoms with E-state index in [0.29, 0.717) is 0 Å². The third kappa shape index (κ3) is 2.05. The van der Waals surface area contributed by atoms with Gasteiger partial charge in [-0.3, -0.25) is 0 Å². The molecule has 0 bridgehead atoms. The number of fused-ring (bicyclic) bond motifs is 1. The molecule has 0 unspecified atom stereocenters. The molecule has 0 aliphatic heterocycles. The van der Waals surface area contributed by atoms with Crippen molar-refractivity contribution >= 4 is 11.0 Å². The third-order valence-electron chi connectivity index (χ3n) is 1.73. The van der Waals surface area contributed by atoms with Crippen molar-refractivity contribution in [3.8, 4) is 0 Å². The molecule has 0 spiro atoms. The first-order chi connectivity index (χ1) is 6.40. The average Bonchev–Trinajstić information content (AvgIpc) is 2.67. The van der Waals surface area contributed by atoms with Crippen LogP contribution in [-0.2, 0) is 6.42 Å². The van der Waals surface area contributed by atoms with E-state index in [9.17, 15) is 0 Å². The lowest BCUT2D eigenvalue weighted by Crippen LogP contribution is -1.78. The summed E-state index contributed by atoms with van der Waals surface area (Å²) in [6.45, 7) is 6.11. The highest BCUT2D eigenvalue weighted by atomic mass is 16.6. The Bertz CT molecular complexity index is 368. The summed E-state index contributed by atoms with van der Waals surface area (Å²) in [4.78, 5) is 0. The molecule has 1 aromatic carbocycles. The van der Waals surface area contributed by atoms with Gasteiger partial charge < -0.3 is 0 Å². The fourth-order valence-electron chi connectivity index (χ4n) is 1.05. The summed E-state index contributed by atoms with van der Waals surface area (Å²) in [6.07, 6.45) is 1.02. The van der Waals surface area contributed by atoms with E-state index in [0.717, 1.165) is 17.5 Å². The van der Waals surface area contributed by atoms with Crippen LogP contribution in [0, 0.1) is 0 Å². The highest BCUT2D eigenvalue weighted by molar-refractivity contribution is 5.73. The Hall–Kier alpha value is -1.38. The van der Waals surface area contributed by atoms with E-state index in [4.69, 9.17) is 0 Å². The highest BCUT2D eigenvalue weighted by Crippen LogP contribution is 2.11. The molecule has 70 valence electrons. The van der Waals surface area contributed by atoms with Crippen LogP contribution >= 0.6 is 0 Å². The molecule has 0 amide bonds. The maximum absolute atomic E-state index is 4.56. The van der Waals surface area contributed by atoms with Crippen molar-refractivity contribution in [2.75, 3.05) is 0 Å². The molecular weight excluding hydrogens is 164 g/mol. The van der Waals surface area contributed by atoms with E-state index >= 15 is 0 Å². The molecule has 0 saturated heterocycles. The quantitative estimate of drug-likeness (QED) is 0.674. The Balaban J connectivity index is 0.000000396. The Labute approximate surface area is 77.7 Å². The van der Waals surface area contributed by atoms with Crippen LogP contribution in [0.4, 0.5) is 0 Å². The predicted octanol–water partition coefficient (Wildman–Crippen LogP) is 2.81. The average molecular weight is 178 g/mol. The van der Waals surface area contributed by atoms with Crippen LogP contribution in [0.1, 0.15) is 26.3 Å². The Morgan fingerprint density at radius 3 is 2.54 bits per heavy atom. The molecule has 1 heterocycles. The molecular formula is C10H14N2O. The lowest BCUT2D eigenvalue weighted by atomic mass is 10.1. The first-order valence-electron chi connectivity index (χ1n) is 4.61. The van der Waals surface area contributed by atoms with E-state index < -0.39 is 0 Å². The molecule has 0 atom stereocenters. The van der Waals surface area contributed by atoms with Crippen LogP contribution < -0.4 is 0 Å². The highest BCUT2D eigenvalue weighted by Gasteiger charge is 1.98. The van der Waals surface area contributed by atoms with E-state index in [1.807, 2.05) is 32.0 Å². The maximum atomic E-state index is 4.56. The molecule has 13 heavy (non-hydrogen) atoms. The number of aryl methyl sites for hydroxylation is 1. The number of aromatic nitrogens is 2. The molecule has 0 fully saturated rings. The lowest BCUT2D eigenvalue weighted by Gasteiger charge is -1.91. The minimum atomic E-state index is 0.821. The second-order valence-electron chi connectivity index (χ2n) is 2.44. The van der Waals surface area contributed by atoms with Gasteiger partial charge in [0.15, 0.2) is 0 Å². The summed E-state index contributed by atoms with van der Waals surface area (Å²) in [6, 6.07) is 5.95. The van der Waals surface area contributed by atoms with E-state index in [1.165, 1.54) is 5.56 Å². The lowest BCUT2D eigenvalue weighted by molar-refractivity contribution is 0.315. The first kappa shape index (κ1) is 9.71. The van der Waals surface area contributed by atoms with Crippen molar-refractivity contribution in [1.29, 1.82) is 0 Å². The molecule has 0 saturated carbocycles. The van der Waals surface area contributed by atoms with Crippen LogP contribution in [-0.4, -0.2) is 10.3 Å². The van der Waals surface area contributed by atoms with Crippen LogP contribution in [0.2, 0.25) is 0 Å². The number of hydrogen-bond donors (Lipinski definition) is 0. The standard InChI is InChI=1S/C8H8N2O.C2H6/c1-2-6-3-4-7-8(5-6)10-11-9-7;1-2/h3-5H,2H2,1H3;1-2H3. The Kier molecular flexibility index (Phi) is 3.43. The summed E-state index contributed by atoms with van der Waals surface area (Å²) in [5.41, 5.74) is 2.92. The van der Waals surface area contributed by atoms with Gasteiger partial charge in [0.2, 0.25) is 0 Å². The Morgan fingerprint density at radius 1 is 1.15 bits per heavy atom. The molecule has 1 aromatic heterocycles. The largest absolute Gasteiger partial charge is 0.243 e. The van der Waals surface area contributed by atoms with E-state index in [1.54, 1.807) is 0 Å². The van der Waals surface area contributed by atoms with E-state index in [-0.39, 0.29) is 0 Å². The summed E-state index contributed by atoms with van der Waals surface area (Å²) >= 11 is 0. The summed E-state index contributed by atoms with van der Waals surface area (Å²) in [5, 5.41) is 7.45. The van der Waals surface area contributed by atoms with Crippen LogP contribution in [0.25, 0.3) is 11.0 Å². The molecule has 2 rings (SSSR count). The van der Waals surface area contributed by atoms with Crippen molar-refractivity contribution in [3.05, 3.63) is 23.8 Å². The van der Waals surface area contributed by atoms with Crippen molar-refractivity contribution in [2.24, 2.45) is 0 Å². The van der Waals surface area contributed by atoms with Gasteiger partial charge in [-0.2, -0.15) is 0 Å². The zero-order valence-electron chi connectivity index (χ0n) is 8.24. The van der Waals surface area contributed by atoms with Gasteiger partial charge in [-0.25, -0.2) is 4.63 Å². The van der Waals surface area contributed by atoms with Gasteiger partial charge in [-0.15, -0.1) is 0 Å². The summed E-state index contributed by atoms with van der Waals surface area (Å²) in [7, 11) is 0. The van der Waals surface area contributed by atoms with Crippen molar-refractivity contribution < 1.29 is 4.63 Å². The smallest absolute Gasteiger partial charge is 0.135 e. The zero-order chi connectivity index (χ0) is 9.68. The SMILES string of the molecule is CC.CCc1ccc2nonc2c1. The van der Waals surface area contributed by atoms with Gasteiger partial charge in [0.1, 0.15) is 11.0 Å². The fraction of sp³-hybridized carbons (Fsp3) is 0.400. The molecule has 0 radical (unpaired) electrons. The fourth-order valence-corrected chi connectivity index (χ4v) is 1.05. The normalized spacial score (nSPS) is 9.46. The monoisotopic (exact) mass is 178 g/mol. The van der Waals surface area contributed by atoms with Gasteiger partial charge in [0.25, 0.3) is 0 Å². The first-order valence-corrected chi connectivity index (χ1v) is 4.61. The Morgan fingerprint density at radius 2 is 1.85 bits per heavy atom. The third-order valence-corrected chi connectivity index (χ3v) is 1.73. The molecule has 0 aliphatic carbocycles. The predicted molar refractivity (Wildman–Crippen MR) is 52.5 cm³/mol. The molecule has 3 nitrogen and oxygen atoms in total. The number of nitrogens with zero attached hydrogens (tertiary/aromatic N) is 2. The minimum Gasteiger partial charge on any atom is -0.243 e. The minimum absolute atomic E-state index is 0.821. The van der Waals surface area contributed by atoms with Gasteiger partial charge in [0.05, 0.1) is 0 Å². The van der Waals surface area contributed by atoms with Crippen LogP contribution in [0.15, 0.2) is 22.8 Å². The second-order valence-corrected chi connectivity index (χ2v) is 2.44. The zero-order valence-corrected chi connectivity index (χ0v) is 8.24. The molecule has 3 heteroatoms. The number of rotatable bonds is 1. The summed E-state index contributed by atoms with van der Waals surface area (Å²) < 4.78 is 4.56. The number of benzene rings is 1. The molecule has 0 N–H and O–H groups in total. The van der Waals surface area contributed by atoms with Gasteiger partial charge in [-0.05, 0) is 34.4 Å². The van der Waals surface area contributed by atoms with Gasteiger partial charge >= 0.3 is 0 Å². The van der Waals surface area contributed by atoms with Gasteiger partial charge in [0, 0.05) is 0 Å². The topological polar surface area (TPSA) is 38.9 Å². The van der Waals surface area contributed by atoms with Gasteiger partial charge in [-0.1, -0.05) is 26.8 Å². The van der Waals surface area contributed by atoms with Crippen molar-refractivity contribution in [2.45, 2.75) is 27.2 Å². The number of hydrogen-bond acceptors (Lipinski definition) is 3. The maximum Gasteiger partial charge on any atom is 0.135 e. The van der Waals surface area contributed by atoms with Crippen molar-refractivity contribution in [1.82, 2.24) is 10.3 Å². The van der Waals surface area contributed by atoms with Crippen LogP contribution in [0.3, 0.4) is 0 Å². The second kappa shape index (κ2) is 4.60. The van der Waals surface area contributed by atoms with E-state index in [2.05, 4.69) is 21.9 Å². The summed E-state index contributed by atoms with van der Waals surface area (Å²) in [5.74, 6) is 0. The van der Waals surface area contributed by atoms with Crippen LogP contribution in [0.5, 0.6) is 0 Å².